The van der Waals surface area contributed by atoms with Crippen molar-refractivity contribution < 1.29 is 4.57 Å². The number of nitrogens with zero attached hydrogens (tertiary/aromatic N) is 4. The first-order valence-corrected chi connectivity index (χ1v) is 9.04. The monoisotopic (exact) mass is 341 g/mol. The van der Waals surface area contributed by atoms with E-state index in [0.717, 1.165) is 17.9 Å². The van der Waals surface area contributed by atoms with Gasteiger partial charge in [-0.1, -0.05) is 18.2 Å². The normalized spacial score (nSPS) is 12.6. The number of aromatic nitrogens is 4. The number of benzene rings is 1. The molecule has 0 fully saturated rings. The van der Waals surface area contributed by atoms with Crippen LogP contribution in [0.4, 0.5) is 0 Å². The minimum atomic E-state index is 0.899. The lowest BCUT2D eigenvalue weighted by molar-refractivity contribution is -0.641. The van der Waals surface area contributed by atoms with Crippen molar-refractivity contribution >= 4 is 32.7 Å². The molecule has 4 nitrogen and oxygen atoms in total. The third-order valence-electron chi connectivity index (χ3n) is 4.85. The van der Waals surface area contributed by atoms with Crippen LogP contribution in [-0.4, -0.2) is 14.5 Å². The Labute approximate surface area is 147 Å². The highest BCUT2D eigenvalue weighted by atomic mass is 32.1. The Morgan fingerprint density at radius 1 is 1.00 bits per heavy atom. The zero-order valence-corrected chi connectivity index (χ0v) is 14.1. The molecule has 0 unspecified atom stereocenters. The van der Waals surface area contributed by atoms with Gasteiger partial charge in [-0.3, -0.25) is 9.55 Å². The van der Waals surface area contributed by atoms with Crippen LogP contribution in [0, 0.1) is 0 Å². The molecule has 0 atom stereocenters. The SMILES string of the molecule is c1ccc(-n2c3ncccc3c3c2sc2[n+]3Cc3ccncc3-2)cc1. The second-order valence-electron chi connectivity index (χ2n) is 6.23. The van der Waals surface area contributed by atoms with Crippen molar-refractivity contribution in [3.8, 4) is 16.3 Å². The fraction of sp³-hybridized carbons (Fsp3) is 0.0500. The first-order chi connectivity index (χ1) is 12.4. The molecule has 0 amide bonds. The number of thiazole rings is 1. The van der Waals surface area contributed by atoms with Crippen LogP contribution >= 0.6 is 11.3 Å². The van der Waals surface area contributed by atoms with Crippen molar-refractivity contribution in [3.05, 3.63) is 72.7 Å². The molecule has 0 saturated carbocycles. The Balaban J connectivity index is 1.78. The maximum absolute atomic E-state index is 4.69. The number of hydrogen-bond donors (Lipinski definition) is 0. The van der Waals surface area contributed by atoms with Gasteiger partial charge < -0.3 is 0 Å². The Hall–Kier alpha value is -3.05. The molecule has 25 heavy (non-hydrogen) atoms. The second kappa shape index (κ2) is 4.74. The number of fused-ring (bicyclic) bond motifs is 7. The molecule has 5 aromatic rings. The maximum atomic E-state index is 4.69. The molecule has 4 aromatic heterocycles. The van der Waals surface area contributed by atoms with Gasteiger partial charge in [0.15, 0.2) is 17.0 Å². The van der Waals surface area contributed by atoms with E-state index in [9.17, 15) is 0 Å². The number of pyridine rings is 2. The van der Waals surface area contributed by atoms with Gasteiger partial charge in [-0.2, -0.15) is 4.57 Å². The molecule has 0 aliphatic carbocycles. The molecular weight excluding hydrogens is 328 g/mol. The van der Waals surface area contributed by atoms with Gasteiger partial charge in [0.05, 0.1) is 10.9 Å². The molecule has 1 aromatic carbocycles. The molecule has 1 aliphatic rings. The van der Waals surface area contributed by atoms with E-state index in [0.29, 0.717) is 0 Å². The Bertz CT molecular complexity index is 1270. The van der Waals surface area contributed by atoms with Crippen molar-refractivity contribution in [1.82, 2.24) is 14.5 Å². The largest absolute Gasteiger partial charge is 0.280 e. The summed E-state index contributed by atoms with van der Waals surface area (Å²) >= 11 is 1.82. The van der Waals surface area contributed by atoms with Crippen LogP contribution in [0.1, 0.15) is 5.56 Å². The van der Waals surface area contributed by atoms with Crippen LogP contribution in [-0.2, 0) is 6.54 Å². The van der Waals surface area contributed by atoms with Crippen LogP contribution in [0.2, 0.25) is 0 Å². The van der Waals surface area contributed by atoms with E-state index in [4.69, 9.17) is 0 Å². The van der Waals surface area contributed by atoms with Gasteiger partial charge >= 0.3 is 0 Å². The molecule has 6 rings (SSSR count). The third kappa shape index (κ3) is 1.68. The van der Waals surface area contributed by atoms with Gasteiger partial charge in [0, 0.05) is 29.8 Å². The Kier molecular flexibility index (Phi) is 2.51. The topological polar surface area (TPSA) is 34.6 Å². The van der Waals surface area contributed by atoms with Crippen molar-refractivity contribution in [2.24, 2.45) is 0 Å². The van der Waals surface area contributed by atoms with Gasteiger partial charge in [0.1, 0.15) is 0 Å². The highest BCUT2D eigenvalue weighted by Gasteiger charge is 2.35. The lowest BCUT2D eigenvalue weighted by Gasteiger charge is -2.03. The molecule has 0 N–H and O–H groups in total. The lowest BCUT2D eigenvalue weighted by atomic mass is 10.2. The maximum Gasteiger partial charge on any atom is 0.273 e. The fourth-order valence-corrected chi connectivity index (χ4v) is 5.12. The molecule has 118 valence electrons. The minimum absolute atomic E-state index is 0.899. The number of rotatable bonds is 1. The molecule has 1 aliphatic heterocycles. The van der Waals surface area contributed by atoms with Crippen LogP contribution in [0.25, 0.3) is 37.6 Å². The fourth-order valence-electron chi connectivity index (χ4n) is 3.77. The zero-order valence-electron chi connectivity index (χ0n) is 13.3. The van der Waals surface area contributed by atoms with Crippen LogP contribution in [0.3, 0.4) is 0 Å². The average molecular weight is 341 g/mol. The summed E-state index contributed by atoms with van der Waals surface area (Å²) in [5.74, 6) is 0. The van der Waals surface area contributed by atoms with Gasteiger partial charge in [-0.25, -0.2) is 4.98 Å². The Morgan fingerprint density at radius 3 is 2.84 bits per heavy atom. The smallest absolute Gasteiger partial charge is 0.273 e. The standard InChI is InChI=1S/C20H13N4S/c1-2-5-14(6-3-1)24-18-15(7-4-9-22-18)17-20(24)25-19-16-11-21-10-8-13(16)12-23(17)19/h1-11H,12H2/q+1. The lowest BCUT2D eigenvalue weighted by Crippen LogP contribution is -2.30. The van der Waals surface area contributed by atoms with E-state index in [-0.39, 0.29) is 0 Å². The first-order valence-electron chi connectivity index (χ1n) is 8.22. The van der Waals surface area contributed by atoms with E-state index in [1.54, 1.807) is 0 Å². The van der Waals surface area contributed by atoms with Crippen molar-refractivity contribution in [3.63, 3.8) is 0 Å². The summed E-state index contributed by atoms with van der Waals surface area (Å²) in [6.45, 7) is 0.899. The average Bonchev–Trinajstić information content (AvgIpc) is 3.29. The van der Waals surface area contributed by atoms with E-state index < -0.39 is 0 Å². The van der Waals surface area contributed by atoms with E-state index >= 15 is 0 Å². The minimum Gasteiger partial charge on any atom is -0.280 e. The molecule has 0 saturated heterocycles. The summed E-state index contributed by atoms with van der Waals surface area (Å²) in [4.78, 5) is 10.3. The van der Waals surface area contributed by atoms with Gasteiger partial charge in [0.2, 0.25) is 0 Å². The molecule has 0 bridgehead atoms. The molecular formula is C20H13N4S+. The van der Waals surface area contributed by atoms with Gasteiger partial charge in [-0.15, -0.1) is 0 Å². The summed E-state index contributed by atoms with van der Waals surface area (Å²) in [7, 11) is 0. The number of hydrogen-bond acceptors (Lipinski definition) is 3. The van der Waals surface area contributed by atoms with Crippen molar-refractivity contribution in [2.45, 2.75) is 6.54 Å². The molecule has 0 radical (unpaired) electrons. The summed E-state index contributed by atoms with van der Waals surface area (Å²) in [6, 6.07) is 16.8. The van der Waals surface area contributed by atoms with Crippen LogP contribution in [0.15, 0.2) is 67.1 Å². The van der Waals surface area contributed by atoms with E-state index in [1.807, 2.05) is 42.1 Å². The van der Waals surface area contributed by atoms with E-state index in [2.05, 4.69) is 55.5 Å². The summed E-state index contributed by atoms with van der Waals surface area (Å²) in [6.07, 6.45) is 5.73. The van der Waals surface area contributed by atoms with E-state index in [1.165, 1.54) is 31.9 Å². The van der Waals surface area contributed by atoms with Crippen molar-refractivity contribution in [2.75, 3.05) is 0 Å². The van der Waals surface area contributed by atoms with Gasteiger partial charge in [-0.05, 0) is 41.7 Å². The third-order valence-corrected chi connectivity index (χ3v) is 6.06. The summed E-state index contributed by atoms with van der Waals surface area (Å²) in [5.41, 5.74) is 6.02. The summed E-state index contributed by atoms with van der Waals surface area (Å²) < 4.78 is 4.69. The Morgan fingerprint density at radius 2 is 1.92 bits per heavy atom. The first kappa shape index (κ1) is 13.3. The molecule has 5 heteroatoms. The molecule has 0 spiro atoms. The predicted octanol–water partition coefficient (Wildman–Crippen LogP) is 3.95. The van der Waals surface area contributed by atoms with Crippen LogP contribution < -0.4 is 4.57 Å². The zero-order chi connectivity index (χ0) is 16.4. The highest BCUT2D eigenvalue weighted by molar-refractivity contribution is 7.21. The summed E-state index contributed by atoms with van der Waals surface area (Å²) in [5, 5.41) is 2.48. The quantitative estimate of drug-likeness (QED) is 0.424. The predicted molar refractivity (Wildman–Crippen MR) is 99.0 cm³/mol. The highest BCUT2D eigenvalue weighted by Crippen LogP contribution is 2.40. The second-order valence-corrected chi connectivity index (χ2v) is 7.20. The van der Waals surface area contributed by atoms with Gasteiger partial charge in [0.25, 0.3) is 10.5 Å². The van der Waals surface area contributed by atoms with Crippen molar-refractivity contribution in [1.29, 1.82) is 0 Å². The number of para-hydroxylation sites is 1. The van der Waals surface area contributed by atoms with Crippen LogP contribution in [0.5, 0.6) is 0 Å². The molecule has 5 heterocycles.